The minimum absolute atomic E-state index is 0. The summed E-state index contributed by atoms with van der Waals surface area (Å²) in [7, 11) is 0. The third-order valence-electron chi connectivity index (χ3n) is 2.89. The summed E-state index contributed by atoms with van der Waals surface area (Å²) in [4.78, 5) is 11.9. The van der Waals surface area contributed by atoms with E-state index in [4.69, 9.17) is 16.3 Å². The molecule has 6 heteroatoms. The standard InChI is InChI=1S/C13H17ClN2O2.ClH/c1-9-2-3-10(14)6-12(9)16-13(17)7-11-8-15-4-5-18-11;/h2-3,6,11,15H,4-5,7-8H2,1H3,(H,16,17);1H. The van der Waals surface area contributed by atoms with Gasteiger partial charge in [-0.15, -0.1) is 12.4 Å². The zero-order chi connectivity index (χ0) is 13.0. The van der Waals surface area contributed by atoms with Gasteiger partial charge in [-0.3, -0.25) is 4.79 Å². The summed E-state index contributed by atoms with van der Waals surface area (Å²) in [6.07, 6.45) is 0.317. The van der Waals surface area contributed by atoms with Gasteiger partial charge < -0.3 is 15.4 Å². The quantitative estimate of drug-likeness (QED) is 0.901. The van der Waals surface area contributed by atoms with Crippen LogP contribution in [-0.4, -0.2) is 31.7 Å². The second-order valence-electron chi connectivity index (χ2n) is 4.41. The first-order chi connectivity index (χ1) is 8.65. The van der Waals surface area contributed by atoms with Crippen LogP contribution in [0.25, 0.3) is 0 Å². The number of carbonyl (C=O) groups is 1. The zero-order valence-corrected chi connectivity index (χ0v) is 12.3. The summed E-state index contributed by atoms with van der Waals surface area (Å²) in [5.74, 6) is -0.0472. The summed E-state index contributed by atoms with van der Waals surface area (Å²) < 4.78 is 5.49. The number of halogens is 2. The van der Waals surface area contributed by atoms with Gasteiger partial charge in [0.05, 0.1) is 19.1 Å². The second-order valence-corrected chi connectivity index (χ2v) is 4.84. The highest BCUT2D eigenvalue weighted by Crippen LogP contribution is 2.20. The second kappa shape index (κ2) is 7.70. The van der Waals surface area contributed by atoms with Crippen LogP contribution in [0.15, 0.2) is 18.2 Å². The number of nitrogens with one attached hydrogen (secondary N) is 2. The van der Waals surface area contributed by atoms with E-state index in [1.165, 1.54) is 0 Å². The van der Waals surface area contributed by atoms with Crippen molar-refractivity contribution in [3.8, 4) is 0 Å². The molecule has 19 heavy (non-hydrogen) atoms. The Bertz CT molecular complexity index is 435. The van der Waals surface area contributed by atoms with E-state index in [-0.39, 0.29) is 24.4 Å². The predicted octanol–water partition coefficient (Wildman–Crippen LogP) is 2.39. The third kappa shape index (κ3) is 4.99. The lowest BCUT2D eigenvalue weighted by Gasteiger charge is -2.23. The van der Waals surface area contributed by atoms with Gasteiger partial charge in [0.1, 0.15) is 0 Å². The van der Waals surface area contributed by atoms with E-state index in [2.05, 4.69) is 10.6 Å². The van der Waals surface area contributed by atoms with Crippen molar-refractivity contribution in [2.75, 3.05) is 25.0 Å². The van der Waals surface area contributed by atoms with Crippen molar-refractivity contribution in [2.24, 2.45) is 0 Å². The van der Waals surface area contributed by atoms with Crippen molar-refractivity contribution in [3.63, 3.8) is 0 Å². The van der Waals surface area contributed by atoms with Gasteiger partial charge in [-0.1, -0.05) is 17.7 Å². The summed E-state index contributed by atoms with van der Waals surface area (Å²) in [5.41, 5.74) is 1.76. The van der Waals surface area contributed by atoms with E-state index < -0.39 is 0 Å². The van der Waals surface area contributed by atoms with Gasteiger partial charge in [-0.05, 0) is 24.6 Å². The van der Waals surface area contributed by atoms with Gasteiger partial charge >= 0.3 is 0 Å². The molecule has 106 valence electrons. The number of hydrogen-bond acceptors (Lipinski definition) is 3. The number of aryl methyl sites for hydroxylation is 1. The molecule has 2 rings (SSSR count). The first-order valence-electron chi connectivity index (χ1n) is 6.03. The molecule has 0 spiro atoms. The molecule has 1 aliphatic heterocycles. The molecule has 1 aromatic carbocycles. The number of anilines is 1. The summed E-state index contributed by atoms with van der Waals surface area (Å²) in [6, 6.07) is 5.45. The van der Waals surface area contributed by atoms with E-state index in [1.54, 1.807) is 12.1 Å². The molecule has 0 aliphatic carbocycles. The highest BCUT2D eigenvalue weighted by Gasteiger charge is 2.17. The van der Waals surface area contributed by atoms with Gasteiger partial charge in [0.15, 0.2) is 0 Å². The van der Waals surface area contributed by atoms with Crippen molar-refractivity contribution < 1.29 is 9.53 Å². The molecule has 0 saturated carbocycles. The van der Waals surface area contributed by atoms with Crippen LogP contribution >= 0.6 is 24.0 Å². The van der Waals surface area contributed by atoms with Gasteiger partial charge in [0, 0.05) is 23.8 Å². The average Bonchev–Trinajstić information content (AvgIpc) is 2.35. The lowest BCUT2D eigenvalue weighted by atomic mass is 10.1. The Kier molecular flexibility index (Phi) is 6.58. The molecular formula is C13H18Cl2N2O2. The summed E-state index contributed by atoms with van der Waals surface area (Å²) >= 11 is 5.91. The molecule has 0 aromatic heterocycles. The fourth-order valence-corrected chi connectivity index (χ4v) is 2.06. The Morgan fingerprint density at radius 1 is 1.58 bits per heavy atom. The minimum atomic E-state index is -0.0472. The van der Waals surface area contributed by atoms with Gasteiger partial charge in [-0.25, -0.2) is 0 Å². The van der Waals surface area contributed by atoms with Gasteiger partial charge in [0.2, 0.25) is 5.91 Å². The summed E-state index contributed by atoms with van der Waals surface area (Å²) in [5, 5.41) is 6.68. The molecular weight excluding hydrogens is 287 g/mol. The largest absolute Gasteiger partial charge is 0.375 e. The van der Waals surface area contributed by atoms with Crippen LogP contribution in [-0.2, 0) is 9.53 Å². The van der Waals surface area contributed by atoms with Crippen molar-refractivity contribution in [1.29, 1.82) is 0 Å². The highest BCUT2D eigenvalue weighted by atomic mass is 35.5. The third-order valence-corrected chi connectivity index (χ3v) is 3.13. The number of amides is 1. The van der Waals surface area contributed by atoms with E-state index in [9.17, 15) is 4.79 Å². The minimum Gasteiger partial charge on any atom is -0.375 e. The fraction of sp³-hybridized carbons (Fsp3) is 0.462. The van der Waals surface area contributed by atoms with Crippen molar-refractivity contribution in [1.82, 2.24) is 5.32 Å². The van der Waals surface area contributed by atoms with Crippen molar-refractivity contribution in [3.05, 3.63) is 28.8 Å². The Balaban J connectivity index is 0.00000180. The van der Waals surface area contributed by atoms with Gasteiger partial charge in [0.25, 0.3) is 0 Å². The van der Waals surface area contributed by atoms with Crippen LogP contribution in [0.1, 0.15) is 12.0 Å². The molecule has 0 radical (unpaired) electrons. The molecule has 1 atom stereocenters. The van der Waals surface area contributed by atoms with Crippen LogP contribution in [0.3, 0.4) is 0 Å². The van der Waals surface area contributed by atoms with Crippen LogP contribution in [0.4, 0.5) is 5.69 Å². The lowest BCUT2D eigenvalue weighted by molar-refractivity contribution is -0.119. The maximum atomic E-state index is 11.9. The monoisotopic (exact) mass is 304 g/mol. The Morgan fingerprint density at radius 3 is 3.05 bits per heavy atom. The number of benzene rings is 1. The smallest absolute Gasteiger partial charge is 0.227 e. The summed E-state index contributed by atoms with van der Waals surface area (Å²) in [6.45, 7) is 4.17. The van der Waals surface area contributed by atoms with E-state index in [1.807, 2.05) is 13.0 Å². The maximum absolute atomic E-state index is 11.9. The topological polar surface area (TPSA) is 50.4 Å². The van der Waals surface area contributed by atoms with Crippen LogP contribution < -0.4 is 10.6 Å². The average molecular weight is 305 g/mol. The number of ether oxygens (including phenoxy) is 1. The Hall–Kier alpha value is -0.810. The van der Waals surface area contributed by atoms with E-state index in [0.717, 1.165) is 24.3 Å². The molecule has 1 aromatic rings. The number of rotatable bonds is 3. The Morgan fingerprint density at radius 2 is 2.37 bits per heavy atom. The first-order valence-corrected chi connectivity index (χ1v) is 6.41. The number of carbonyl (C=O) groups excluding carboxylic acids is 1. The zero-order valence-electron chi connectivity index (χ0n) is 10.7. The lowest BCUT2D eigenvalue weighted by Crippen LogP contribution is -2.40. The molecule has 2 N–H and O–H groups in total. The molecule has 1 amide bonds. The predicted molar refractivity (Wildman–Crippen MR) is 79.3 cm³/mol. The molecule has 1 fully saturated rings. The molecule has 0 bridgehead atoms. The van der Waals surface area contributed by atoms with E-state index >= 15 is 0 Å². The Labute approximate surface area is 124 Å². The van der Waals surface area contributed by atoms with Crippen molar-refractivity contribution >= 4 is 35.6 Å². The SMILES string of the molecule is Cc1ccc(Cl)cc1NC(=O)CC1CNCCO1.Cl. The fourth-order valence-electron chi connectivity index (χ4n) is 1.89. The highest BCUT2D eigenvalue weighted by molar-refractivity contribution is 6.31. The van der Waals surface area contributed by atoms with Crippen LogP contribution in [0.5, 0.6) is 0 Å². The molecule has 1 aliphatic rings. The normalized spacial score (nSPS) is 18.5. The molecule has 1 heterocycles. The number of morpholine rings is 1. The maximum Gasteiger partial charge on any atom is 0.227 e. The molecule has 1 unspecified atom stereocenters. The van der Waals surface area contributed by atoms with E-state index in [0.29, 0.717) is 18.1 Å². The molecule has 1 saturated heterocycles. The van der Waals surface area contributed by atoms with Crippen LogP contribution in [0.2, 0.25) is 5.02 Å². The van der Waals surface area contributed by atoms with Crippen LogP contribution in [0, 0.1) is 6.92 Å². The van der Waals surface area contributed by atoms with Gasteiger partial charge in [-0.2, -0.15) is 0 Å². The number of hydrogen-bond donors (Lipinski definition) is 2. The molecule has 4 nitrogen and oxygen atoms in total. The van der Waals surface area contributed by atoms with Crippen molar-refractivity contribution in [2.45, 2.75) is 19.4 Å². The first kappa shape index (κ1) is 16.2.